The molecule has 2 atom stereocenters. The lowest BCUT2D eigenvalue weighted by Crippen LogP contribution is -2.29. The molecular weight excluding hydrogens is 279 g/mol. The largest absolute Gasteiger partial charge is 0.416 e. The topological polar surface area (TPSA) is 21.3 Å². The highest BCUT2D eigenvalue weighted by atomic mass is 19.4. The van der Waals surface area contributed by atoms with Crippen LogP contribution in [-0.4, -0.2) is 25.8 Å². The molecule has 2 rings (SSSR count). The maximum absolute atomic E-state index is 12.7. The molecular formula is C16H22F3NO. The van der Waals surface area contributed by atoms with Crippen molar-refractivity contribution < 1.29 is 17.9 Å². The van der Waals surface area contributed by atoms with E-state index >= 15 is 0 Å². The molecule has 1 heterocycles. The average Bonchev–Trinajstić information content (AvgIpc) is 2.96. The van der Waals surface area contributed by atoms with Crippen LogP contribution in [0.4, 0.5) is 13.2 Å². The molecule has 1 fully saturated rings. The summed E-state index contributed by atoms with van der Waals surface area (Å²) < 4.78 is 43.7. The van der Waals surface area contributed by atoms with Crippen LogP contribution in [0.15, 0.2) is 24.3 Å². The van der Waals surface area contributed by atoms with Crippen molar-refractivity contribution in [2.75, 3.05) is 13.7 Å². The fourth-order valence-electron chi connectivity index (χ4n) is 2.77. The number of hydrogen-bond donors (Lipinski definition) is 1. The number of nitrogens with one attached hydrogen (secondary N) is 1. The third-order valence-electron chi connectivity index (χ3n) is 4.01. The van der Waals surface area contributed by atoms with E-state index in [1.165, 1.54) is 12.1 Å². The molecule has 0 radical (unpaired) electrons. The van der Waals surface area contributed by atoms with Crippen LogP contribution >= 0.6 is 0 Å². The molecule has 5 heteroatoms. The summed E-state index contributed by atoms with van der Waals surface area (Å²) in [5, 5.41) is 3.20. The second kappa shape index (κ2) is 7.27. The van der Waals surface area contributed by atoms with E-state index in [9.17, 15) is 13.2 Å². The van der Waals surface area contributed by atoms with Crippen LogP contribution in [0.5, 0.6) is 0 Å². The first-order chi connectivity index (χ1) is 9.99. The molecule has 2 nitrogen and oxygen atoms in total. The van der Waals surface area contributed by atoms with Gasteiger partial charge in [0.25, 0.3) is 0 Å². The third kappa shape index (κ3) is 5.00. The van der Waals surface area contributed by atoms with E-state index in [1.54, 1.807) is 6.07 Å². The molecule has 118 valence electrons. The lowest BCUT2D eigenvalue weighted by Gasteiger charge is -2.19. The van der Waals surface area contributed by atoms with Crippen molar-refractivity contribution in [3.8, 4) is 0 Å². The Hall–Kier alpha value is -1.07. The molecule has 2 unspecified atom stereocenters. The Balaban J connectivity index is 1.91. The van der Waals surface area contributed by atoms with Crippen LogP contribution in [-0.2, 0) is 17.3 Å². The molecule has 21 heavy (non-hydrogen) atoms. The van der Waals surface area contributed by atoms with Crippen molar-refractivity contribution in [2.45, 2.75) is 50.4 Å². The van der Waals surface area contributed by atoms with Crippen molar-refractivity contribution >= 4 is 0 Å². The molecule has 0 saturated carbocycles. The molecule has 0 amide bonds. The Morgan fingerprint density at radius 3 is 2.81 bits per heavy atom. The quantitative estimate of drug-likeness (QED) is 0.863. The zero-order valence-corrected chi connectivity index (χ0v) is 12.2. The van der Waals surface area contributed by atoms with Crippen molar-refractivity contribution in [1.82, 2.24) is 5.32 Å². The highest BCUT2D eigenvalue weighted by molar-refractivity contribution is 5.26. The summed E-state index contributed by atoms with van der Waals surface area (Å²) in [4.78, 5) is 0. The summed E-state index contributed by atoms with van der Waals surface area (Å²) >= 11 is 0. The fraction of sp³-hybridized carbons (Fsp3) is 0.625. The normalized spacial score (nSPS) is 20.7. The molecule has 0 aromatic heterocycles. The highest BCUT2D eigenvalue weighted by Crippen LogP contribution is 2.30. The van der Waals surface area contributed by atoms with Crippen LogP contribution in [0, 0.1) is 0 Å². The van der Waals surface area contributed by atoms with Gasteiger partial charge in [0.05, 0.1) is 11.7 Å². The Bertz CT molecular complexity index is 441. The smallest absolute Gasteiger partial charge is 0.378 e. The van der Waals surface area contributed by atoms with E-state index in [-0.39, 0.29) is 6.04 Å². The molecule has 1 aromatic rings. The minimum absolute atomic E-state index is 0.178. The number of likely N-dealkylation sites (N-methyl/N-ethyl adjacent to an activating group) is 1. The van der Waals surface area contributed by atoms with Crippen molar-refractivity contribution in [1.29, 1.82) is 0 Å². The summed E-state index contributed by atoms with van der Waals surface area (Å²) in [5.74, 6) is 0. The number of ether oxygens (including phenoxy) is 1. The van der Waals surface area contributed by atoms with Gasteiger partial charge in [0.2, 0.25) is 0 Å². The Morgan fingerprint density at radius 2 is 2.19 bits per heavy atom. The van der Waals surface area contributed by atoms with Crippen LogP contribution in [0.1, 0.15) is 36.8 Å². The van der Waals surface area contributed by atoms with Crippen LogP contribution in [0.25, 0.3) is 0 Å². The lowest BCUT2D eigenvalue weighted by molar-refractivity contribution is -0.137. The Labute approximate surface area is 123 Å². The van der Waals surface area contributed by atoms with Crippen molar-refractivity contribution in [3.05, 3.63) is 35.4 Å². The van der Waals surface area contributed by atoms with Crippen LogP contribution < -0.4 is 5.32 Å². The van der Waals surface area contributed by atoms with Gasteiger partial charge in [-0.2, -0.15) is 13.2 Å². The van der Waals surface area contributed by atoms with E-state index in [1.807, 2.05) is 7.05 Å². The third-order valence-corrected chi connectivity index (χ3v) is 4.01. The van der Waals surface area contributed by atoms with Crippen LogP contribution in [0.2, 0.25) is 0 Å². The average molecular weight is 301 g/mol. The van der Waals surface area contributed by atoms with E-state index in [0.717, 1.165) is 43.9 Å². The lowest BCUT2D eigenvalue weighted by atomic mass is 9.98. The molecule has 1 aliphatic heterocycles. The predicted molar refractivity (Wildman–Crippen MR) is 76.2 cm³/mol. The van der Waals surface area contributed by atoms with Gasteiger partial charge >= 0.3 is 6.18 Å². The summed E-state index contributed by atoms with van der Waals surface area (Å²) in [6.45, 7) is 0.836. The van der Waals surface area contributed by atoms with E-state index < -0.39 is 11.7 Å². The molecule has 0 aliphatic carbocycles. The molecule has 0 bridgehead atoms. The van der Waals surface area contributed by atoms with Gasteiger partial charge < -0.3 is 10.1 Å². The zero-order valence-electron chi connectivity index (χ0n) is 12.2. The summed E-state index contributed by atoms with van der Waals surface area (Å²) in [7, 11) is 1.85. The number of halogens is 3. The highest BCUT2D eigenvalue weighted by Gasteiger charge is 2.30. The van der Waals surface area contributed by atoms with Crippen molar-refractivity contribution in [2.24, 2.45) is 0 Å². The fourth-order valence-corrected chi connectivity index (χ4v) is 2.77. The molecule has 0 spiro atoms. The van der Waals surface area contributed by atoms with Gasteiger partial charge in [-0.05, 0) is 50.8 Å². The summed E-state index contributed by atoms with van der Waals surface area (Å²) in [5.41, 5.74) is 0.144. The SMILES string of the molecule is CNC(CCC1CCCO1)Cc1cccc(C(F)(F)F)c1. The van der Waals surface area contributed by atoms with Gasteiger partial charge in [-0.3, -0.25) is 0 Å². The number of benzene rings is 1. The summed E-state index contributed by atoms with van der Waals surface area (Å²) in [6, 6.07) is 5.77. The molecule has 1 N–H and O–H groups in total. The second-order valence-corrected chi connectivity index (χ2v) is 5.60. The molecule has 1 saturated heterocycles. The monoisotopic (exact) mass is 301 g/mol. The van der Waals surface area contributed by atoms with Gasteiger partial charge in [-0.15, -0.1) is 0 Å². The minimum Gasteiger partial charge on any atom is -0.378 e. The minimum atomic E-state index is -4.27. The van der Waals surface area contributed by atoms with E-state index in [2.05, 4.69) is 5.32 Å². The first-order valence-electron chi connectivity index (χ1n) is 7.44. The van der Waals surface area contributed by atoms with Gasteiger partial charge in [0.15, 0.2) is 0 Å². The van der Waals surface area contributed by atoms with E-state index in [0.29, 0.717) is 12.5 Å². The number of alkyl halides is 3. The molecule has 1 aromatic carbocycles. The molecule has 1 aliphatic rings. The second-order valence-electron chi connectivity index (χ2n) is 5.60. The summed E-state index contributed by atoms with van der Waals surface area (Å²) in [6.07, 6.45) is 0.739. The Morgan fingerprint density at radius 1 is 1.38 bits per heavy atom. The van der Waals surface area contributed by atoms with Gasteiger partial charge in [-0.25, -0.2) is 0 Å². The maximum atomic E-state index is 12.7. The number of hydrogen-bond acceptors (Lipinski definition) is 2. The van der Waals surface area contributed by atoms with E-state index in [4.69, 9.17) is 4.74 Å². The zero-order chi connectivity index (χ0) is 15.3. The number of rotatable bonds is 6. The predicted octanol–water partition coefficient (Wildman–Crippen LogP) is 3.80. The maximum Gasteiger partial charge on any atom is 0.416 e. The Kier molecular flexibility index (Phi) is 5.65. The van der Waals surface area contributed by atoms with Gasteiger partial charge in [0.1, 0.15) is 0 Å². The van der Waals surface area contributed by atoms with Gasteiger partial charge in [0, 0.05) is 12.6 Å². The van der Waals surface area contributed by atoms with Crippen molar-refractivity contribution in [3.63, 3.8) is 0 Å². The first kappa shape index (κ1) is 16.3. The first-order valence-corrected chi connectivity index (χ1v) is 7.44. The van der Waals surface area contributed by atoms with Crippen LogP contribution in [0.3, 0.4) is 0 Å². The van der Waals surface area contributed by atoms with Gasteiger partial charge in [-0.1, -0.05) is 18.2 Å². The standard InChI is InChI=1S/C16H22F3NO/c1-20-14(7-8-15-6-3-9-21-15)11-12-4-2-5-13(10-12)16(17,18)19/h2,4-5,10,14-15,20H,3,6-9,11H2,1H3.